The van der Waals surface area contributed by atoms with Gasteiger partial charge in [0.2, 0.25) is 0 Å². The van der Waals surface area contributed by atoms with Gasteiger partial charge in [0, 0.05) is 12.1 Å². The summed E-state index contributed by atoms with van der Waals surface area (Å²) in [6, 6.07) is 6.45. The first-order valence-corrected chi connectivity index (χ1v) is 6.45. The van der Waals surface area contributed by atoms with E-state index in [4.69, 9.17) is 4.74 Å². The largest absolute Gasteiger partial charge is 0.497 e. The second-order valence-corrected chi connectivity index (χ2v) is 4.99. The highest BCUT2D eigenvalue weighted by Crippen LogP contribution is 2.43. The van der Waals surface area contributed by atoms with Crippen molar-refractivity contribution < 1.29 is 4.74 Å². The number of H-pyrrole nitrogens is 1. The number of nitrogens with zero attached hydrogens (tertiary/aromatic N) is 1. The molecule has 1 heterocycles. The van der Waals surface area contributed by atoms with Crippen LogP contribution in [0.4, 0.5) is 0 Å². The maximum absolute atomic E-state index is 5.34. The number of imidazole rings is 1. The fourth-order valence-corrected chi connectivity index (χ4v) is 2.99. The van der Waals surface area contributed by atoms with E-state index in [1.165, 1.54) is 24.0 Å². The molecule has 0 amide bonds. The Labute approximate surface area is 107 Å². The lowest BCUT2D eigenvalue weighted by Gasteiger charge is -2.19. The maximum Gasteiger partial charge on any atom is 0.119 e. The quantitative estimate of drug-likeness (QED) is 0.897. The predicted molar refractivity (Wildman–Crippen MR) is 71.1 cm³/mol. The van der Waals surface area contributed by atoms with Crippen LogP contribution in [-0.2, 0) is 6.42 Å². The molecule has 1 aromatic carbocycles. The molecule has 1 aliphatic carbocycles. The van der Waals surface area contributed by atoms with Gasteiger partial charge in [-0.1, -0.05) is 13.0 Å². The van der Waals surface area contributed by atoms with Crippen molar-refractivity contribution in [2.45, 2.75) is 31.6 Å². The smallest absolute Gasteiger partial charge is 0.119 e. The summed E-state index contributed by atoms with van der Waals surface area (Å²) in [5.41, 5.74) is 4.05. The van der Waals surface area contributed by atoms with Crippen LogP contribution in [0.5, 0.6) is 5.75 Å². The number of hydrogen-bond donors (Lipinski definition) is 1. The molecule has 2 atom stereocenters. The fraction of sp³-hybridized carbons (Fsp3) is 0.400. The van der Waals surface area contributed by atoms with Crippen LogP contribution in [0, 0.1) is 0 Å². The van der Waals surface area contributed by atoms with E-state index in [-0.39, 0.29) is 0 Å². The summed E-state index contributed by atoms with van der Waals surface area (Å²) < 4.78 is 5.34. The van der Waals surface area contributed by atoms with Crippen molar-refractivity contribution in [3.8, 4) is 5.75 Å². The second kappa shape index (κ2) is 4.48. The Morgan fingerprint density at radius 2 is 2.33 bits per heavy atom. The molecule has 2 unspecified atom stereocenters. The molecule has 94 valence electrons. The monoisotopic (exact) mass is 242 g/mol. The van der Waals surface area contributed by atoms with Crippen LogP contribution in [0.15, 0.2) is 30.7 Å². The number of aryl methyl sites for hydroxylation is 1. The third-order valence-corrected chi connectivity index (χ3v) is 4.07. The lowest BCUT2D eigenvalue weighted by atomic mass is 9.86. The van der Waals surface area contributed by atoms with Gasteiger partial charge in [-0.15, -0.1) is 0 Å². The summed E-state index contributed by atoms with van der Waals surface area (Å²) in [7, 11) is 1.73. The predicted octanol–water partition coefficient (Wildman–Crippen LogP) is 3.25. The summed E-state index contributed by atoms with van der Waals surface area (Å²) in [4.78, 5) is 7.43. The molecule has 1 aliphatic rings. The highest BCUT2D eigenvalue weighted by molar-refractivity contribution is 5.42. The van der Waals surface area contributed by atoms with E-state index in [0.717, 1.165) is 11.4 Å². The number of hydrogen-bond acceptors (Lipinski definition) is 2. The van der Waals surface area contributed by atoms with Crippen molar-refractivity contribution in [2.75, 3.05) is 7.11 Å². The lowest BCUT2D eigenvalue weighted by molar-refractivity contribution is 0.413. The number of aromatic amines is 1. The van der Waals surface area contributed by atoms with E-state index in [1.807, 2.05) is 6.20 Å². The molecule has 0 saturated carbocycles. The van der Waals surface area contributed by atoms with Crippen LogP contribution in [0.2, 0.25) is 0 Å². The molecule has 2 aromatic rings. The fourth-order valence-electron chi connectivity index (χ4n) is 2.99. The molecule has 0 spiro atoms. The SMILES string of the molecule is COc1ccc2c(c1)C(C(C)c1c[nH]cn1)CC2. The minimum atomic E-state index is 0.449. The van der Waals surface area contributed by atoms with E-state index in [9.17, 15) is 0 Å². The molecule has 0 saturated heterocycles. The second-order valence-electron chi connectivity index (χ2n) is 4.99. The van der Waals surface area contributed by atoms with Crippen LogP contribution in [0.25, 0.3) is 0 Å². The Bertz CT molecular complexity index is 533. The minimum absolute atomic E-state index is 0.449. The molecule has 0 radical (unpaired) electrons. The third kappa shape index (κ3) is 1.80. The number of rotatable bonds is 3. The first-order chi connectivity index (χ1) is 8.79. The molecule has 1 aromatic heterocycles. The molecular weight excluding hydrogens is 224 g/mol. The summed E-state index contributed by atoms with van der Waals surface area (Å²) in [6.45, 7) is 2.26. The standard InChI is InChI=1S/C15H18N2O/c1-10(15-8-16-9-17-15)13-6-4-11-3-5-12(18-2)7-14(11)13/h3,5,7-10,13H,4,6H2,1-2H3,(H,16,17). The Balaban J connectivity index is 1.94. The van der Waals surface area contributed by atoms with Crippen molar-refractivity contribution in [1.82, 2.24) is 9.97 Å². The number of fused-ring (bicyclic) bond motifs is 1. The Kier molecular flexibility index (Phi) is 2.82. The van der Waals surface area contributed by atoms with Crippen molar-refractivity contribution >= 4 is 0 Å². The molecule has 3 rings (SSSR count). The zero-order valence-electron chi connectivity index (χ0n) is 10.8. The van der Waals surface area contributed by atoms with Crippen molar-refractivity contribution in [2.24, 2.45) is 0 Å². The Hall–Kier alpha value is -1.77. The van der Waals surface area contributed by atoms with Crippen molar-refractivity contribution in [1.29, 1.82) is 0 Å². The molecular formula is C15H18N2O. The number of benzene rings is 1. The molecule has 0 aliphatic heterocycles. The average Bonchev–Trinajstić information content (AvgIpc) is 3.06. The molecule has 18 heavy (non-hydrogen) atoms. The highest BCUT2D eigenvalue weighted by atomic mass is 16.5. The van der Waals surface area contributed by atoms with Gasteiger partial charge in [-0.25, -0.2) is 4.98 Å². The molecule has 1 N–H and O–H groups in total. The van der Waals surface area contributed by atoms with Gasteiger partial charge in [0.25, 0.3) is 0 Å². The van der Waals surface area contributed by atoms with Gasteiger partial charge in [0.15, 0.2) is 0 Å². The number of nitrogens with one attached hydrogen (secondary N) is 1. The van der Waals surface area contributed by atoms with E-state index in [2.05, 4.69) is 35.1 Å². The van der Waals surface area contributed by atoms with Crippen LogP contribution in [-0.4, -0.2) is 17.1 Å². The average molecular weight is 242 g/mol. The topological polar surface area (TPSA) is 37.9 Å². The molecule has 3 heteroatoms. The van der Waals surface area contributed by atoms with E-state index in [0.29, 0.717) is 11.8 Å². The van der Waals surface area contributed by atoms with Crippen LogP contribution in [0.1, 0.15) is 42.0 Å². The van der Waals surface area contributed by atoms with Gasteiger partial charge in [0.05, 0.1) is 19.1 Å². The number of ether oxygens (including phenoxy) is 1. The van der Waals surface area contributed by atoms with Gasteiger partial charge < -0.3 is 9.72 Å². The summed E-state index contributed by atoms with van der Waals surface area (Å²) in [6.07, 6.45) is 6.13. The summed E-state index contributed by atoms with van der Waals surface area (Å²) >= 11 is 0. The van der Waals surface area contributed by atoms with Gasteiger partial charge in [0.1, 0.15) is 5.75 Å². The zero-order chi connectivity index (χ0) is 12.5. The van der Waals surface area contributed by atoms with Crippen molar-refractivity contribution in [3.63, 3.8) is 0 Å². The molecule has 0 fully saturated rings. The lowest BCUT2D eigenvalue weighted by Crippen LogP contribution is -2.05. The highest BCUT2D eigenvalue weighted by Gasteiger charge is 2.29. The van der Waals surface area contributed by atoms with Crippen LogP contribution < -0.4 is 4.74 Å². The zero-order valence-corrected chi connectivity index (χ0v) is 10.8. The first-order valence-electron chi connectivity index (χ1n) is 6.45. The third-order valence-electron chi connectivity index (χ3n) is 4.07. The summed E-state index contributed by atoms with van der Waals surface area (Å²) in [5.74, 6) is 1.96. The van der Waals surface area contributed by atoms with Gasteiger partial charge in [-0.3, -0.25) is 0 Å². The van der Waals surface area contributed by atoms with E-state index in [1.54, 1.807) is 13.4 Å². The number of methoxy groups -OCH3 is 1. The van der Waals surface area contributed by atoms with Crippen LogP contribution >= 0.6 is 0 Å². The maximum atomic E-state index is 5.34. The normalized spacial score (nSPS) is 19.6. The van der Waals surface area contributed by atoms with E-state index >= 15 is 0 Å². The Morgan fingerprint density at radius 3 is 3.06 bits per heavy atom. The molecule has 0 bridgehead atoms. The van der Waals surface area contributed by atoms with Gasteiger partial charge >= 0.3 is 0 Å². The van der Waals surface area contributed by atoms with Gasteiger partial charge in [-0.05, 0) is 42.0 Å². The first kappa shape index (κ1) is 11.3. The van der Waals surface area contributed by atoms with Crippen LogP contribution in [0.3, 0.4) is 0 Å². The van der Waals surface area contributed by atoms with E-state index < -0.39 is 0 Å². The van der Waals surface area contributed by atoms with Gasteiger partial charge in [-0.2, -0.15) is 0 Å². The molecule has 3 nitrogen and oxygen atoms in total. The minimum Gasteiger partial charge on any atom is -0.497 e. The van der Waals surface area contributed by atoms with Crippen molar-refractivity contribution in [3.05, 3.63) is 47.5 Å². The number of aromatic nitrogens is 2. The Morgan fingerprint density at radius 1 is 1.44 bits per heavy atom. The summed E-state index contributed by atoms with van der Waals surface area (Å²) in [5, 5.41) is 0.